The molecule has 5 rings (SSSR count). The normalized spacial score (nSPS) is 11.2. The van der Waals surface area contributed by atoms with Gasteiger partial charge in [0.2, 0.25) is 0 Å². The van der Waals surface area contributed by atoms with Gasteiger partial charge in [-0.2, -0.15) is 23.4 Å². The first-order valence-electron chi connectivity index (χ1n) is 11.8. The molecule has 0 spiro atoms. The molecule has 5 aromatic rings. The quantitative estimate of drug-likeness (QED) is 0.301. The smallest absolute Gasteiger partial charge is 0.335 e. The number of alkyl halides is 3. The van der Waals surface area contributed by atoms with Gasteiger partial charge in [0.15, 0.2) is 17.2 Å². The topological polar surface area (TPSA) is 89.1 Å². The fraction of sp³-hybridized carbons (Fsp3) is 0.143. The van der Waals surface area contributed by atoms with Gasteiger partial charge in [-0.1, -0.05) is 18.1 Å². The molecule has 0 saturated carbocycles. The largest absolute Gasteiger partial charge is 0.416 e. The number of nitrogens with one attached hydrogen (secondary N) is 2. The lowest BCUT2D eigenvalue weighted by Gasteiger charge is -2.12. The van der Waals surface area contributed by atoms with E-state index >= 15 is 0 Å². The zero-order chi connectivity index (χ0) is 27.7. The highest BCUT2D eigenvalue weighted by molar-refractivity contribution is 6.04. The molecule has 3 heterocycles. The fourth-order valence-electron chi connectivity index (χ4n) is 3.94. The van der Waals surface area contributed by atoms with E-state index < -0.39 is 17.6 Å². The van der Waals surface area contributed by atoms with Crippen molar-refractivity contribution in [3.05, 3.63) is 101 Å². The summed E-state index contributed by atoms with van der Waals surface area (Å²) in [5, 5.41) is 14.4. The highest BCUT2D eigenvalue weighted by Crippen LogP contribution is 2.32. The Kier molecular flexibility index (Phi) is 6.54. The molecule has 0 unspecified atom stereocenters. The standard InChI is InChI=1S/C28H22F3N7O/c1-17-7-10-21(35-27(39)20-8-6-18(2)23(14-20)28(29,30)31)13-19(17)9-11-24-26(34-22-15-33-37(3)16-22)36-25-5-4-12-32-38(24)25/h4-8,10,12-16,34H,1-3H3,(H,35,39). The average molecular weight is 530 g/mol. The van der Waals surface area contributed by atoms with Gasteiger partial charge in [0.1, 0.15) is 0 Å². The van der Waals surface area contributed by atoms with Gasteiger partial charge in [0, 0.05) is 36.3 Å². The summed E-state index contributed by atoms with van der Waals surface area (Å²) >= 11 is 0. The molecule has 0 fully saturated rings. The molecule has 0 aliphatic rings. The summed E-state index contributed by atoms with van der Waals surface area (Å²) in [6, 6.07) is 12.2. The lowest BCUT2D eigenvalue weighted by molar-refractivity contribution is -0.138. The van der Waals surface area contributed by atoms with Crippen molar-refractivity contribution in [2.45, 2.75) is 20.0 Å². The van der Waals surface area contributed by atoms with Crippen molar-refractivity contribution in [2.24, 2.45) is 7.05 Å². The number of halogens is 3. The Balaban J connectivity index is 1.45. The third-order valence-corrected chi connectivity index (χ3v) is 5.98. The van der Waals surface area contributed by atoms with Crippen LogP contribution in [0, 0.1) is 25.7 Å². The number of rotatable bonds is 4. The van der Waals surface area contributed by atoms with Crippen molar-refractivity contribution in [3.63, 3.8) is 0 Å². The zero-order valence-electron chi connectivity index (χ0n) is 21.1. The highest BCUT2D eigenvalue weighted by atomic mass is 19.4. The van der Waals surface area contributed by atoms with E-state index in [1.807, 2.05) is 13.0 Å². The molecular formula is C28H22F3N7O. The van der Waals surface area contributed by atoms with Crippen LogP contribution in [0.15, 0.2) is 67.1 Å². The molecule has 3 aromatic heterocycles. The molecule has 8 nitrogen and oxygen atoms in total. The first-order chi connectivity index (χ1) is 18.6. The molecule has 1 amide bonds. The number of nitrogens with zero attached hydrogens (tertiary/aromatic N) is 5. The number of carbonyl (C=O) groups excluding carboxylic acids is 1. The maximum absolute atomic E-state index is 13.3. The second-order valence-electron chi connectivity index (χ2n) is 8.89. The number of aromatic nitrogens is 5. The lowest BCUT2D eigenvalue weighted by Crippen LogP contribution is -2.15. The average Bonchev–Trinajstić information content (AvgIpc) is 3.46. The predicted molar refractivity (Wildman–Crippen MR) is 141 cm³/mol. The van der Waals surface area contributed by atoms with Crippen molar-refractivity contribution >= 4 is 28.7 Å². The molecule has 0 radical (unpaired) electrons. The number of carbonyl (C=O) groups is 1. The fourth-order valence-corrected chi connectivity index (χ4v) is 3.94. The minimum absolute atomic E-state index is 0.0474. The number of amides is 1. The van der Waals surface area contributed by atoms with Crippen molar-refractivity contribution in [3.8, 4) is 11.8 Å². The first-order valence-corrected chi connectivity index (χ1v) is 11.8. The molecule has 0 atom stereocenters. The SMILES string of the molecule is Cc1ccc(NC(=O)c2ccc(C)c(C(F)(F)F)c2)cc1C#Cc1c(Nc2cnn(C)c2)nc2cccnn12. The number of hydrogen-bond acceptors (Lipinski definition) is 5. The van der Waals surface area contributed by atoms with Gasteiger partial charge < -0.3 is 10.6 Å². The van der Waals surface area contributed by atoms with Crippen LogP contribution in [-0.4, -0.2) is 30.3 Å². The van der Waals surface area contributed by atoms with Gasteiger partial charge in [-0.3, -0.25) is 9.48 Å². The predicted octanol–water partition coefficient (Wildman–Crippen LogP) is 5.49. The summed E-state index contributed by atoms with van der Waals surface area (Å²) in [7, 11) is 1.81. The number of aryl methyl sites for hydroxylation is 3. The second-order valence-corrected chi connectivity index (χ2v) is 8.89. The highest BCUT2D eigenvalue weighted by Gasteiger charge is 2.33. The molecule has 2 aromatic carbocycles. The van der Waals surface area contributed by atoms with Crippen molar-refractivity contribution in [1.29, 1.82) is 0 Å². The first kappa shape index (κ1) is 25.5. The van der Waals surface area contributed by atoms with Crippen LogP contribution >= 0.6 is 0 Å². The Bertz CT molecular complexity index is 1770. The van der Waals surface area contributed by atoms with E-state index in [1.54, 1.807) is 59.1 Å². The van der Waals surface area contributed by atoms with Gasteiger partial charge in [-0.15, -0.1) is 0 Å². The van der Waals surface area contributed by atoms with E-state index in [4.69, 9.17) is 0 Å². The third-order valence-electron chi connectivity index (χ3n) is 5.98. The monoisotopic (exact) mass is 529 g/mol. The van der Waals surface area contributed by atoms with Crippen LogP contribution < -0.4 is 10.6 Å². The molecule has 0 saturated heterocycles. The summed E-state index contributed by atoms with van der Waals surface area (Å²) in [6.45, 7) is 3.22. The van der Waals surface area contributed by atoms with E-state index in [9.17, 15) is 18.0 Å². The Morgan fingerprint density at radius 2 is 1.77 bits per heavy atom. The van der Waals surface area contributed by atoms with E-state index in [-0.39, 0.29) is 11.1 Å². The van der Waals surface area contributed by atoms with Crippen LogP contribution in [0.1, 0.15) is 38.3 Å². The number of fused-ring (bicyclic) bond motifs is 1. The van der Waals surface area contributed by atoms with Gasteiger partial charge in [0.25, 0.3) is 5.91 Å². The van der Waals surface area contributed by atoms with Crippen LogP contribution in [0.25, 0.3) is 5.65 Å². The molecular weight excluding hydrogens is 507 g/mol. The van der Waals surface area contributed by atoms with Gasteiger partial charge >= 0.3 is 6.18 Å². The van der Waals surface area contributed by atoms with Crippen molar-refractivity contribution in [1.82, 2.24) is 24.4 Å². The van der Waals surface area contributed by atoms with E-state index in [0.29, 0.717) is 28.4 Å². The molecule has 0 bridgehead atoms. The third kappa shape index (κ3) is 5.45. The maximum atomic E-state index is 13.3. The molecule has 2 N–H and O–H groups in total. The van der Waals surface area contributed by atoms with Crippen LogP contribution in [0.4, 0.5) is 30.4 Å². The van der Waals surface area contributed by atoms with Crippen molar-refractivity contribution < 1.29 is 18.0 Å². The summed E-state index contributed by atoms with van der Waals surface area (Å²) in [4.78, 5) is 17.3. The summed E-state index contributed by atoms with van der Waals surface area (Å²) < 4.78 is 43.2. The molecule has 0 aliphatic heterocycles. The minimum atomic E-state index is -4.55. The number of benzene rings is 2. The van der Waals surface area contributed by atoms with Crippen LogP contribution in [0.3, 0.4) is 0 Å². The Labute approximate surface area is 221 Å². The van der Waals surface area contributed by atoms with Gasteiger partial charge in [-0.25, -0.2) is 9.50 Å². The summed E-state index contributed by atoms with van der Waals surface area (Å²) in [6.07, 6.45) is 0.544. The molecule has 196 valence electrons. The molecule has 0 aliphatic carbocycles. The Hall–Kier alpha value is -5.11. The van der Waals surface area contributed by atoms with E-state index in [2.05, 4.69) is 37.7 Å². The Morgan fingerprint density at radius 3 is 2.51 bits per heavy atom. The molecule has 11 heteroatoms. The number of hydrogen-bond donors (Lipinski definition) is 2. The van der Waals surface area contributed by atoms with Gasteiger partial charge in [-0.05, 0) is 67.3 Å². The maximum Gasteiger partial charge on any atom is 0.416 e. The Morgan fingerprint density at radius 1 is 0.974 bits per heavy atom. The minimum Gasteiger partial charge on any atom is -0.335 e. The van der Waals surface area contributed by atoms with Crippen LogP contribution in [0.5, 0.6) is 0 Å². The van der Waals surface area contributed by atoms with E-state index in [1.165, 1.54) is 19.1 Å². The summed E-state index contributed by atoms with van der Waals surface area (Å²) in [5.74, 6) is 6.08. The van der Waals surface area contributed by atoms with Crippen LogP contribution in [0.2, 0.25) is 0 Å². The lowest BCUT2D eigenvalue weighted by atomic mass is 10.0. The second kappa shape index (κ2) is 9.98. The zero-order valence-corrected chi connectivity index (χ0v) is 21.1. The van der Waals surface area contributed by atoms with Gasteiger partial charge in [0.05, 0.1) is 17.4 Å². The number of imidazole rings is 1. The van der Waals surface area contributed by atoms with Crippen LogP contribution in [-0.2, 0) is 13.2 Å². The van der Waals surface area contributed by atoms with E-state index in [0.717, 1.165) is 17.3 Å². The number of anilines is 3. The summed E-state index contributed by atoms with van der Waals surface area (Å²) in [5.41, 5.74) is 2.82. The molecule has 39 heavy (non-hydrogen) atoms. The van der Waals surface area contributed by atoms with Crippen molar-refractivity contribution in [2.75, 3.05) is 10.6 Å².